The molecule has 0 aromatic rings. The third-order valence-electron chi connectivity index (χ3n) is 2.95. The largest absolute Gasteiger partial charge is 0.385 e. The third kappa shape index (κ3) is 3.22. The van der Waals surface area contributed by atoms with Gasteiger partial charge in [0.2, 0.25) is 0 Å². The Morgan fingerprint density at radius 2 is 2.31 bits per heavy atom. The second-order valence-corrected chi connectivity index (χ2v) is 4.52. The summed E-state index contributed by atoms with van der Waals surface area (Å²) in [6.45, 7) is 5.69. The molecule has 1 fully saturated rings. The molecule has 1 rings (SSSR count). The van der Waals surface area contributed by atoms with Gasteiger partial charge in [0, 0.05) is 31.6 Å². The van der Waals surface area contributed by atoms with E-state index in [9.17, 15) is 0 Å². The number of hydrogen-bond donors (Lipinski definition) is 0. The van der Waals surface area contributed by atoms with Crippen molar-refractivity contribution in [3.63, 3.8) is 0 Å². The Bertz CT molecular complexity index is 143. The fourth-order valence-corrected chi connectivity index (χ4v) is 3.07. The summed E-state index contributed by atoms with van der Waals surface area (Å²) in [5.74, 6) is 0.849. The minimum atomic E-state index is 0.747. The highest BCUT2D eigenvalue weighted by molar-refractivity contribution is 9.09. The van der Waals surface area contributed by atoms with Gasteiger partial charge in [0.05, 0.1) is 0 Å². The van der Waals surface area contributed by atoms with E-state index in [1.165, 1.54) is 19.5 Å². The van der Waals surface area contributed by atoms with Crippen LogP contribution >= 0.6 is 15.9 Å². The molecule has 0 bridgehead atoms. The van der Waals surface area contributed by atoms with Crippen molar-refractivity contribution in [2.24, 2.45) is 5.92 Å². The molecule has 1 aliphatic rings. The van der Waals surface area contributed by atoms with Crippen molar-refractivity contribution in [3.05, 3.63) is 0 Å². The highest BCUT2D eigenvalue weighted by Crippen LogP contribution is 2.25. The Hall–Kier alpha value is 0.400. The molecule has 1 aliphatic heterocycles. The number of halogens is 1. The maximum absolute atomic E-state index is 5.06. The monoisotopic (exact) mass is 249 g/mol. The van der Waals surface area contributed by atoms with Crippen molar-refractivity contribution < 1.29 is 4.74 Å². The average Bonchev–Trinajstić information content (AvgIpc) is 2.47. The third-order valence-corrected chi connectivity index (χ3v) is 3.61. The summed E-state index contributed by atoms with van der Waals surface area (Å²) in [5.41, 5.74) is 0. The molecule has 2 nitrogen and oxygen atoms in total. The maximum atomic E-state index is 5.06. The molecule has 0 aromatic carbocycles. The first kappa shape index (κ1) is 11.5. The molecule has 0 aliphatic carbocycles. The second kappa shape index (κ2) is 5.99. The van der Waals surface area contributed by atoms with Crippen LogP contribution < -0.4 is 0 Å². The van der Waals surface area contributed by atoms with Crippen LogP contribution in [-0.4, -0.2) is 43.1 Å². The summed E-state index contributed by atoms with van der Waals surface area (Å²) in [5, 5.41) is 1.11. The van der Waals surface area contributed by atoms with Crippen LogP contribution in [0.4, 0.5) is 0 Å². The van der Waals surface area contributed by atoms with Crippen molar-refractivity contribution >= 4 is 15.9 Å². The van der Waals surface area contributed by atoms with Gasteiger partial charge in [0.1, 0.15) is 0 Å². The predicted molar refractivity (Wildman–Crippen MR) is 59.4 cm³/mol. The van der Waals surface area contributed by atoms with E-state index in [1.807, 2.05) is 0 Å². The number of nitrogens with zero attached hydrogens (tertiary/aromatic N) is 1. The molecule has 1 saturated heterocycles. The number of methoxy groups -OCH3 is 1. The van der Waals surface area contributed by atoms with Crippen LogP contribution in [-0.2, 0) is 4.74 Å². The zero-order valence-corrected chi connectivity index (χ0v) is 10.2. The molecule has 0 N–H and O–H groups in total. The first-order chi connectivity index (χ1) is 6.29. The lowest BCUT2D eigenvalue weighted by atomic mass is 10.1. The summed E-state index contributed by atoms with van der Waals surface area (Å²) < 4.78 is 5.06. The van der Waals surface area contributed by atoms with E-state index in [2.05, 4.69) is 27.8 Å². The number of hydrogen-bond acceptors (Lipinski definition) is 2. The summed E-state index contributed by atoms with van der Waals surface area (Å²) in [4.78, 5) is 2.58. The first-order valence-electron chi connectivity index (χ1n) is 5.08. The minimum Gasteiger partial charge on any atom is -0.385 e. The number of ether oxygens (including phenoxy) is 1. The van der Waals surface area contributed by atoms with Crippen molar-refractivity contribution in [1.82, 2.24) is 4.90 Å². The first-order valence-corrected chi connectivity index (χ1v) is 6.20. The van der Waals surface area contributed by atoms with Crippen LogP contribution in [0.1, 0.15) is 19.8 Å². The SMILES string of the molecule is COCCCN1CCC(C)C1CBr. The Morgan fingerprint density at radius 1 is 1.54 bits per heavy atom. The summed E-state index contributed by atoms with van der Waals surface area (Å²) in [6.07, 6.45) is 2.51. The van der Waals surface area contributed by atoms with Gasteiger partial charge in [-0.2, -0.15) is 0 Å². The van der Waals surface area contributed by atoms with Gasteiger partial charge in [-0.15, -0.1) is 0 Å². The molecule has 3 heteroatoms. The van der Waals surface area contributed by atoms with Gasteiger partial charge in [-0.3, -0.25) is 4.90 Å². The molecule has 2 unspecified atom stereocenters. The van der Waals surface area contributed by atoms with E-state index in [0.717, 1.165) is 30.3 Å². The molecule has 0 amide bonds. The number of likely N-dealkylation sites (tertiary alicyclic amines) is 1. The summed E-state index contributed by atoms with van der Waals surface area (Å²) >= 11 is 3.59. The van der Waals surface area contributed by atoms with E-state index >= 15 is 0 Å². The van der Waals surface area contributed by atoms with Gasteiger partial charge < -0.3 is 4.74 Å². The summed E-state index contributed by atoms with van der Waals surface area (Å²) in [6, 6.07) is 0.747. The summed E-state index contributed by atoms with van der Waals surface area (Å²) in [7, 11) is 1.77. The second-order valence-electron chi connectivity index (χ2n) is 3.87. The Morgan fingerprint density at radius 3 is 2.92 bits per heavy atom. The van der Waals surface area contributed by atoms with Gasteiger partial charge in [0.25, 0.3) is 0 Å². The van der Waals surface area contributed by atoms with E-state index in [4.69, 9.17) is 4.74 Å². The normalized spacial score (nSPS) is 29.8. The number of rotatable bonds is 5. The highest BCUT2D eigenvalue weighted by Gasteiger charge is 2.29. The molecule has 13 heavy (non-hydrogen) atoms. The van der Waals surface area contributed by atoms with E-state index in [1.54, 1.807) is 7.11 Å². The van der Waals surface area contributed by atoms with E-state index < -0.39 is 0 Å². The molecular formula is C10H20BrNO. The van der Waals surface area contributed by atoms with Crippen LogP contribution in [0, 0.1) is 5.92 Å². The predicted octanol–water partition coefficient (Wildman–Crippen LogP) is 2.13. The van der Waals surface area contributed by atoms with Crippen molar-refractivity contribution in [2.45, 2.75) is 25.8 Å². The van der Waals surface area contributed by atoms with Gasteiger partial charge in [-0.1, -0.05) is 22.9 Å². The van der Waals surface area contributed by atoms with Crippen LogP contribution in [0.2, 0.25) is 0 Å². The molecule has 2 atom stereocenters. The minimum absolute atomic E-state index is 0.747. The Labute approximate surface area is 89.8 Å². The fourth-order valence-electron chi connectivity index (χ4n) is 2.03. The van der Waals surface area contributed by atoms with E-state index in [0.29, 0.717) is 0 Å². The van der Waals surface area contributed by atoms with Crippen molar-refractivity contribution in [2.75, 3.05) is 32.1 Å². The molecule has 78 valence electrons. The Balaban J connectivity index is 2.24. The van der Waals surface area contributed by atoms with Crippen LogP contribution in [0.3, 0.4) is 0 Å². The van der Waals surface area contributed by atoms with Gasteiger partial charge in [0.15, 0.2) is 0 Å². The molecule has 1 heterocycles. The topological polar surface area (TPSA) is 12.5 Å². The standard InChI is InChI=1S/C10H20BrNO/c1-9-4-6-12(10(9)8-11)5-3-7-13-2/h9-10H,3-8H2,1-2H3. The zero-order chi connectivity index (χ0) is 9.68. The zero-order valence-electron chi connectivity index (χ0n) is 8.63. The smallest absolute Gasteiger partial charge is 0.0474 e. The quantitative estimate of drug-likeness (QED) is 0.547. The molecule has 0 spiro atoms. The lowest BCUT2D eigenvalue weighted by Gasteiger charge is -2.24. The lowest BCUT2D eigenvalue weighted by molar-refractivity contribution is 0.167. The molecular weight excluding hydrogens is 230 g/mol. The number of alkyl halides is 1. The van der Waals surface area contributed by atoms with Crippen molar-refractivity contribution in [3.8, 4) is 0 Å². The Kier molecular flexibility index (Phi) is 5.29. The molecule has 0 saturated carbocycles. The van der Waals surface area contributed by atoms with Crippen LogP contribution in [0.25, 0.3) is 0 Å². The average molecular weight is 250 g/mol. The van der Waals surface area contributed by atoms with E-state index in [-0.39, 0.29) is 0 Å². The van der Waals surface area contributed by atoms with Gasteiger partial charge in [-0.05, 0) is 25.3 Å². The highest BCUT2D eigenvalue weighted by atomic mass is 79.9. The van der Waals surface area contributed by atoms with Gasteiger partial charge >= 0.3 is 0 Å². The van der Waals surface area contributed by atoms with Gasteiger partial charge in [-0.25, -0.2) is 0 Å². The molecule has 0 aromatic heterocycles. The molecule has 0 radical (unpaired) electrons. The van der Waals surface area contributed by atoms with Crippen molar-refractivity contribution in [1.29, 1.82) is 0 Å². The fraction of sp³-hybridized carbons (Fsp3) is 1.00. The lowest BCUT2D eigenvalue weighted by Crippen LogP contribution is -2.34. The van der Waals surface area contributed by atoms with Crippen LogP contribution in [0.15, 0.2) is 0 Å². The van der Waals surface area contributed by atoms with Crippen LogP contribution in [0.5, 0.6) is 0 Å². The maximum Gasteiger partial charge on any atom is 0.0474 e.